The van der Waals surface area contributed by atoms with Gasteiger partial charge in [0, 0.05) is 49.9 Å². The molecule has 2 saturated heterocycles. The smallest absolute Gasteiger partial charge is 0.414 e. The number of carbonyl (C=O) groups is 2. The Morgan fingerprint density at radius 1 is 1.26 bits per heavy atom. The first kappa shape index (κ1) is 22.7. The van der Waals surface area contributed by atoms with E-state index in [1.54, 1.807) is 4.90 Å². The zero-order valence-electron chi connectivity index (χ0n) is 19.6. The zero-order chi connectivity index (χ0) is 23.5. The highest BCUT2D eigenvalue weighted by atomic mass is 16.6. The van der Waals surface area contributed by atoms with Crippen molar-refractivity contribution < 1.29 is 19.1 Å². The molecule has 3 aliphatic rings. The van der Waals surface area contributed by atoms with Crippen molar-refractivity contribution >= 4 is 23.5 Å². The molecule has 3 N–H and O–H groups in total. The number of anilines is 2. The Hall–Kier alpha value is -3.11. The van der Waals surface area contributed by atoms with Gasteiger partial charge in [-0.2, -0.15) is 5.10 Å². The van der Waals surface area contributed by atoms with E-state index in [9.17, 15) is 9.59 Å². The van der Waals surface area contributed by atoms with E-state index in [0.717, 1.165) is 81.4 Å². The number of morpholine rings is 1. The van der Waals surface area contributed by atoms with Gasteiger partial charge in [-0.3, -0.25) is 19.7 Å². The van der Waals surface area contributed by atoms with E-state index in [4.69, 9.17) is 9.47 Å². The molecule has 2 aromatic rings. The Labute approximate surface area is 199 Å². The van der Waals surface area contributed by atoms with Crippen molar-refractivity contribution in [3.05, 3.63) is 29.3 Å². The number of carbonyl (C=O) groups excluding carboxylic acids is 2. The minimum Gasteiger partial charge on any atom is -0.442 e. The summed E-state index contributed by atoms with van der Waals surface area (Å²) in [5.74, 6) is 0.800. The summed E-state index contributed by atoms with van der Waals surface area (Å²) in [5.41, 5.74) is 5.43. The third-order valence-corrected chi connectivity index (χ3v) is 6.69. The molecule has 0 bridgehead atoms. The molecule has 3 heterocycles. The van der Waals surface area contributed by atoms with Crippen LogP contribution in [0.3, 0.4) is 0 Å². The highest BCUT2D eigenvalue weighted by molar-refractivity contribution is 5.90. The molecule has 2 aliphatic heterocycles. The molecule has 5 rings (SSSR count). The molecule has 182 valence electrons. The monoisotopic (exact) mass is 468 g/mol. The average molecular weight is 469 g/mol. The molecule has 2 amide bonds. The van der Waals surface area contributed by atoms with Crippen LogP contribution in [0.2, 0.25) is 0 Å². The van der Waals surface area contributed by atoms with Crippen LogP contribution in [0.25, 0.3) is 11.3 Å². The number of hydrogen-bond acceptors (Lipinski definition) is 7. The van der Waals surface area contributed by atoms with Gasteiger partial charge in [0.05, 0.1) is 32.0 Å². The predicted molar refractivity (Wildman–Crippen MR) is 128 cm³/mol. The van der Waals surface area contributed by atoms with E-state index in [2.05, 4.69) is 37.9 Å². The van der Waals surface area contributed by atoms with Crippen molar-refractivity contribution in [2.45, 2.75) is 32.3 Å². The summed E-state index contributed by atoms with van der Waals surface area (Å²) in [6, 6.07) is 6.11. The van der Waals surface area contributed by atoms with Crippen molar-refractivity contribution in [3.8, 4) is 11.3 Å². The second-order valence-corrected chi connectivity index (χ2v) is 9.06. The molecule has 1 atom stereocenters. The number of ether oxygens (including phenoxy) is 2. The van der Waals surface area contributed by atoms with Gasteiger partial charge in [0.25, 0.3) is 0 Å². The summed E-state index contributed by atoms with van der Waals surface area (Å²) in [6.07, 6.45) is 2.16. The lowest BCUT2D eigenvalue weighted by Crippen LogP contribution is -2.39. The third-order valence-electron chi connectivity index (χ3n) is 6.69. The maximum atomic E-state index is 12.4. The fourth-order valence-corrected chi connectivity index (χ4v) is 4.89. The number of aromatic nitrogens is 2. The zero-order valence-corrected chi connectivity index (χ0v) is 19.6. The first-order valence-electron chi connectivity index (χ1n) is 12.1. The highest BCUT2D eigenvalue weighted by Crippen LogP contribution is 2.36. The molecule has 34 heavy (non-hydrogen) atoms. The van der Waals surface area contributed by atoms with Crippen LogP contribution in [0.4, 0.5) is 16.3 Å². The van der Waals surface area contributed by atoms with E-state index in [1.165, 1.54) is 18.1 Å². The van der Waals surface area contributed by atoms with Crippen LogP contribution in [0.5, 0.6) is 0 Å². The van der Waals surface area contributed by atoms with Gasteiger partial charge in [-0.1, -0.05) is 6.07 Å². The van der Waals surface area contributed by atoms with Gasteiger partial charge in [0.2, 0.25) is 5.91 Å². The quantitative estimate of drug-likeness (QED) is 0.568. The van der Waals surface area contributed by atoms with Gasteiger partial charge in [-0.25, -0.2) is 4.79 Å². The minimum atomic E-state index is -0.377. The number of nitrogens with zero attached hydrogens (tertiary/aromatic N) is 3. The van der Waals surface area contributed by atoms with E-state index < -0.39 is 0 Å². The second kappa shape index (κ2) is 10.0. The molecule has 1 aliphatic carbocycles. The van der Waals surface area contributed by atoms with E-state index >= 15 is 0 Å². The summed E-state index contributed by atoms with van der Waals surface area (Å²) in [7, 11) is 0. The first-order chi connectivity index (χ1) is 16.6. The number of fused-ring (bicyclic) bond motifs is 3. The van der Waals surface area contributed by atoms with Crippen molar-refractivity contribution in [2.24, 2.45) is 0 Å². The molecular weight excluding hydrogens is 436 g/mol. The Kier molecular flexibility index (Phi) is 6.68. The van der Waals surface area contributed by atoms with E-state index in [0.29, 0.717) is 13.1 Å². The van der Waals surface area contributed by atoms with Gasteiger partial charge in [0.1, 0.15) is 6.10 Å². The van der Waals surface area contributed by atoms with Gasteiger partial charge in [-0.05, 0) is 37.0 Å². The summed E-state index contributed by atoms with van der Waals surface area (Å²) >= 11 is 0. The molecule has 0 saturated carbocycles. The highest BCUT2D eigenvalue weighted by Gasteiger charge is 2.33. The summed E-state index contributed by atoms with van der Waals surface area (Å²) in [4.78, 5) is 27.7. The van der Waals surface area contributed by atoms with Crippen LogP contribution >= 0.6 is 0 Å². The fourth-order valence-electron chi connectivity index (χ4n) is 4.89. The molecule has 2 fully saturated rings. The van der Waals surface area contributed by atoms with Gasteiger partial charge >= 0.3 is 6.09 Å². The maximum Gasteiger partial charge on any atom is 0.414 e. The lowest BCUT2D eigenvalue weighted by Gasteiger charge is -2.26. The number of rotatable bonds is 7. The van der Waals surface area contributed by atoms with Crippen LogP contribution in [-0.4, -0.2) is 85.7 Å². The summed E-state index contributed by atoms with van der Waals surface area (Å²) in [5, 5.41) is 14.1. The molecule has 0 radical (unpaired) electrons. The number of H-pyrrole nitrogens is 1. The normalized spacial score (nSPS) is 20.3. The first-order valence-corrected chi connectivity index (χ1v) is 12.1. The molecule has 1 aromatic carbocycles. The van der Waals surface area contributed by atoms with Crippen LogP contribution in [0, 0.1) is 0 Å². The molecule has 0 unspecified atom stereocenters. The Balaban J connectivity index is 1.28. The molecule has 1 aromatic heterocycles. The topological polar surface area (TPSA) is 112 Å². The van der Waals surface area contributed by atoms with Gasteiger partial charge < -0.3 is 20.1 Å². The Bertz CT molecular complexity index is 1050. The lowest BCUT2D eigenvalue weighted by molar-refractivity contribution is -0.119. The lowest BCUT2D eigenvalue weighted by atomic mass is 10.0. The number of nitrogens with one attached hydrogen (secondary N) is 3. The van der Waals surface area contributed by atoms with E-state index in [-0.39, 0.29) is 18.1 Å². The second-order valence-electron chi connectivity index (χ2n) is 9.06. The number of cyclic esters (lactones) is 1. The van der Waals surface area contributed by atoms with Crippen molar-refractivity contribution in [2.75, 3.05) is 62.7 Å². The molecule has 0 spiro atoms. The summed E-state index contributed by atoms with van der Waals surface area (Å²) < 4.78 is 10.8. The fraction of sp³-hybridized carbons (Fsp3) is 0.542. The SMILES string of the molecule is CC(=O)NC[C@H]1CN(c2ccc3c(c2)CCCc2c(NCCN4CCOCC4)n[nH]c2-3)C(=O)O1. The molecular formula is C24H32N6O4. The number of aromatic amines is 1. The number of aryl methyl sites for hydroxylation is 1. The van der Waals surface area contributed by atoms with Crippen molar-refractivity contribution in [1.29, 1.82) is 0 Å². The third kappa shape index (κ3) is 4.88. The van der Waals surface area contributed by atoms with Crippen LogP contribution in [0.1, 0.15) is 24.5 Å². The van der Waals surface area contributed by atoms with Crippen molar-refractivity contribution in [1.82, 2.24) is 20.4 Å². The largest absolute Gasteiger partial charge is 0.442 e. The number of hydrogen-bond donors (Lipinski definition) is 3. The number of amides is 2. The van der Waals surface area contributed by atoms with Gasteiger partial charge in [0.15, 0.2) is 5.82 Å². The molecule has 10 heteroatoms. The maximum absolute atomic E-state index is 12.4. The minimum absolute atomic E-state index is 0.134. The van der Waals surface area contributed by atoms with Crippen LogP contribution < -0.4 is 15.5 Å². The van der Waals surface area contributed by atoms with Crippen molar-refractivity contribution in [3.63, 3.8) is 0 Å². The van der Waals surface area contributed by atoms with E-state index in [1.807, 2.05) is 6.07 Å². The number of benzene rings is 1. The standard InChI is InChI=1S/C24H32N6O4/c1-16(31)26-14-19-15-30(24(32)34-19)18-5-6-20-17(13-18)3-2-4-21-22(20)27-28-23(21)25-7-8-29-9-11-33-12-10-29/h5-6,13,19H,2-4,7-12,14-15H2,1H3,(H,26,31)(H2,25,27,28)/t19-/m0/s1. The Morgan fingerprint density at radius 2 is 2.12 bits per heavy atom. The van der Waals surface area contributed by atoms with Crippen LogP contribution in [0.15, 0.2) is 18.2 Å². The predicted octanol–water partition coefficient (Wildman–Crippen LogP) is 1.77. The summed E-state index contributed by atoms with van der Waals surface area (Å²) in [6.45, 7) is 7.59. The Morgan fingerprint density at radius 3 is 2.94 bits per heavy atom. The van der Waals surface area contributed by atoms with Gasteiger partial charge in [-0.15, -0.1) is 0 Å². The average Bonchev–Trinajstić information content (AvgIpc) is 3.36. The van der Waals surface area contributed by atoms with Crippen LogP contribution in [-0.2, 0) is 27.1 Å². The molecule has 10 nitrogen and oxygen atoms in total.